The van der Waals surface area contributed by atoms with Gasteiger partial charge in [-0.25, -0.2) is 15.0 Å². The molecule has 0 aliphatic rings. The zero-order chi connectivity index (χ0) is 14.0. The fraction of sp³-hybridized carbons (Fsp3) is 0.500. The number of hydrogen-bond donors (Lipinski definition) is 1. The molecule has 19 heavy (non-hydrogen) atoms. The van der Waals surface area contributed by atoms with E-state index in [2.05, 4.69) is 34.1 Å². The number of nitrogens with one attached hydrogen (secondary N) is 1. The minimum absolute atomic E-state index is 0.383. The van der Waals surface area contributed by atoms with Crippen molar-refractivity contribution in [3.05, 3.63) is 34.8 Å². The van der Waals surface area contributed by atoms with Crippen molar-refractivity contribution in [2.24, 2.45) is 0 Å². The molecule has 2 aromatic rings. The van der Waals surface area contributed by atoms with Gasteiger partial charge in [-0.15, -0.1) is 0 Å². The van der Waals surface area contributed by atoms with Crippen LogP contribution in [0.4, 0.5) is 5.95 Å². The van der Waals surface area contributed by atoms with Crippen LogP contribution < -0.4 is 5.32 Å². The maximum atomic E-state index is 5.51. The number of rotatable bonds is 4. The zero-order valence-electron chi connectivity index (χ0n) is 12.1. The molecule has 5 nitrogen and oxygen atoms in total. The number of nitrogens with zero attached hydrogens (tertiary/aromatic N) is 3. The summed E-state index contributed by atoms with van der Waals surface area (Å²) in [7, 11) is 0. The third-order valence-corrected chi connectivity index (χ3v) is 2.94. The van der Waals surface area contributed by atoms with E-state index in [0.717, 1.165) is 22.8 Å². The molecule has 0 aliphatic heterocycles. The Kier molecular flexibility index (Phi) is 3.83. The topological polar surface area (TPSA) is 63.8 Å². The third kappa shape index (κ3) is 3.30. The van der Waals surface area contributed by atoms with Crippen LogP contribution in [0.25, 0.3) is 0 Å². The molecule has 0 spiro atoms. The van der Waals surface area contributed by atoms with E-state index < -0.39 is 0 Å². The van der Waals surface area contributed by atoms with Gasteiger partial charge in [0.25, 0.3) is 0 Å². The van der Waals surface area contributed by atoms with Crippen molar-refractivity contribution in [1.82, 2.24) is 15.0 Å². The van der Waals surface area contributed by atoms with Crippen molar-refractivity contribution >= 4 is 5.95 Å². The highest BCUT2D eigenvalue weighted by atomic mass is 16.4. The SMILES string of the molecule is Cc1cc(C(C)C)nc(NCc2nc(C)c(C)o2)n1. The summed E-state index contributed by atoms with van der Waals surface area (Å²) in [6.07, 6.45) is 0. The second kappa shape index (κ2) is 5.38. The van der Waals surface area contributed by atoms with E-state index in [1.807, 2.05) is 26.8 Å². The summed E-state index contributed by atoms with van der Waals surface area (Å²) in [5.74, 6) is 2.52. The molecule has 0 aliphatic carbocycles. The monoisotopic (exact) mass is 260 g/mol. The Morgan fingerprint density at radius 3 is 2.47 bits per heavy atom. The number of aryl methyl sites for hydroxylation is 3. The van der Waals surface area contributed by atoms with Crippen molar-refractivity contribution in [3.8, 4) is 0 Å². The smallest absolute Gasteiger partial charge is 0.223 e. The predicted molar refractivity (Wildman–Crippen MR) is 74.2 cm³/mol. The van der Waals surface area contributed by atoms with Crippen LogP contribution in [0.1, 0.15) is 48.5 Å². The fourth-order valence-corrected chi connectivity index (χ4v) is 1.74. The third-order valence-electron chi connectivity index (χ3n) is 2.94. The van der Waals surface area contributed by atoms with Gasteiger partial charge in [0.2, 0.25) is 11.8 Å². The number of aromatic nitrogens is 3. The highest BCUT2D eigenvalue weighted by Gasteiger charge is 2.08. The lowest BCUT2D eigenvalue weighted by Gasteiger charge is -2.09. The molecular formula is C14H20N4O. The maximum absolute atomic E-state index is 5.51. The van der Waals surface area contributed by atoms with E-state index >= 15 is 0 Å². The average Bonchev–Trinajstić information content (AvgIpc) is 2.65. The van der Waals surface area contributed by atoms with Crippen LogP contribution in [0.15, 0.2) is 10.5 Å². The molecule has 2 heterocycles. The van der Waals surface area contributed by atoms with Gasteiger partial charge in [0.05, 0.1) is 12.2 Å². The first-order valence-electron chi connectivity index (χ1n) is 6.48. The second-order valence-corrected chi connectivity index (χ2v) is 5.02. The first-order chi connectivity index (χ1) is 8.95. The van der Waals surface area contributed by atoms with Gasteiger partial charge in [0.1, 0.15) is 5.76 Å². The first kappa shape index (κ1) is 13.5. The normalized spacial score (nSPS) is 11.1. The van der Waals surface area contributed by atoms with Crippen LogP contribution in [0.5, 0.6) is 0 Å². The first-order valence-corrected chi connectivity index (χ1v) is 6.48. The largest absolute Gasteiger partial charge is 0.444 e. The van der Waals surface area contributed by atoms with Gasteiger partial charge in [-0.3, -0.25) is 0 Å². The summed E-state index contributed by atoms with van der Waals surface area (Å²) in [6.45, 7) is 10.5. The quantitative estimate of drug-likeness (QED) is 0.915. The van der Waals surface area contributed by atoms with Gasteiger partial charge >= 0.3 is 0 Å². The lowest BCUT2D eigenvalue weighted by Crippen LogP contribution is -2.07. The Morgan fingerprint density at radius 1 is 1.16 bits per heavy atom. The van der Waals surface area contributed by atoms with Crippen LogP contribution in [-0.4, -0.2) is 15.0 Å². The molecule has 2 rings (SSSR count). The molecule has 0 bridgehead atoms. The molecule has 0 radical (unpaired) electrons. The molecule has 5 heteroatoms. The van der Waals surface area contributed by atoms with Crippen molar-refractivity contribution in [2.45, 2.75) is 47.1 Å². The highest BCUT2D eigenvalue weighted by molar-refractivity contribution is 5.29. The van der Waals surface area contributed by atoms with Crippen molar-refractivity contribution in [1.29, 1.82) is 0 Å². The predicted octanol–water partition coefficient (Wildman–Crippen LogP) is 3.13. The molecule has 0 amide bonds. The lowest BCUT2D eigenvalue weighted by molar-refractivity contribution is 0.477. The van der Waals surface area contributed by atoms with Gasteiger partial charge < -0.3 is 9.73 Å². The summed E-state index contributed by atoms with van der Waals surface area (Å²) in [4.78, 5) is 13.2. The summed E-state index contributed by atoms with van der Waals surface area (Å²) < 4.78 is 5.51. The van der Waals surface area contributed by atoms with Crippen LogP contribution in [0.3, 0.4) is 0 Å². The van der Waals surface area contributed by atoms with E-state index in [0.29, 0.717) is 24.3 Å². The Balaban J connectivity index is 2.11. The summed E-state index contributed by atoms with van der Waals surface area (Å²) >= 11 is 0. The Morgan fingerprint density at radius 2 is 1.89 bits per heavy atom. The maximum Gasteiger partial charge on any atom is 0.223 e. The van der Waals surface area contributed by atoms with E-state index in [9.17, 15) is 0 Å². The zero-order valence-corrected chi connectivity index (χ0v) is 12.1. The summed E-state index contributed by atoms with van der Waals surface area (Å²) in [5.41, 5.74) is 2.92. The minimum atomic E-state index is 0.383. The molecule has 0 fully saturated rings. The van der Waals surface area contributed by atoms with E-state index in [1.54, 1.807) is 0 Å². The molecule has 0 aromatic carbocycles. The second-order valence-electron chi connectivity index (χ2n) is 5.02. The highest BCUT2D eigenvalue weighted by Crippen LogP contribution is 2.15. The standard InChI is InChI=1S/C14H20N4O/c1-8(2)12-6-9(3)16-14(18-12)15-7-13-17-10(4)11(5)19-13/h6,8H,7H2,1-5H3,(H,15,16,18). The van der Waals surface area contributed by atoms with Crippen LogP contribution in [-0.2, 0) is 6.54 Å². The molecular weight excluding hydrogens is 240 g/mol. The number of oxazole rings is 1. The van der Waals surface area contributed by atoms with E-state index in [-0.39, 0.29) is 0 Å². The van der Waals surface area contributed by atoms with Crippen LogP contribution >= 0.6 is 0 Å². The van der Waals surface area contributed by atoms with Gasteiger partial charge in [-0.2, -0.15) is 0 Å². The van der Waals surface area contributed by atoms with Gasteiger partial charge in [-0.05, 0) is 32.8 Å². The molecule has 102 valence electrons. The van der Waals surface area contributed by atoms with Gasteiger partial charge in [0.15, 0.2) is 0 Å². The Hall–Kier alpha value is -1.91. The fourth-order valence-electron chi connectivity index (χ4n) is 1.74. The Labute approximate surface area is 113 Å². The lowest BCUT2D eigenvalue weighted by atomic mass is 10.1. The van der Waals surface area contributed by atoms with Crippen LogP contribution in [0, 0.1) is 20.8 Å². The van der Waals surface area contributed by atoms with Gasteiger partial charge in [-0.1, -0.05) is 13.8 Å². The number of anilines is 1. The Bertz CT molecular complexity index is 555. The molecule has 0 unspecified atom stereocenters. The molecule has 0 saturated carbocycles. The van der Waals surface area contributed by atoms with Gasteiger partial charge in [0, 0.05) is 11.4 Å². The van der Waals surface area contributed by atoms with Crippen molar-refractivity contribution < 1.29 is 4.42 Å². The van der Waals surface area contributed by atoms with E-state index in [1.165, 1.54) is 0 Å². The molecule has 0 atom stereocenters. The molecule has 1 N–H and O–H groups in total. The van der Waals surface area contributed by atoms with Crippen molar-refractivity contribution in [2.75, 3.05) is 5.32 Å². The number of hydrogen-bond acceptors (Lipinski definition) is 5. The van der Waals surface area contributed by atoms with Crippen LogP contribution in [0.2, 0.25) is 0 Å². The summed E-state index contributed by atoms with van der Waals surface area (Å²) in [6, 6.07) is 2.01. The summed E-state index contributed by atoms with van der Waals surface area (Å²) in [5, 5.41) is 3.16. The molecule has 2 aromatic heterocycles. The van der Waals surface area contributed by atoms with Crippen molar-refractivity contribution in [3.63, 3.8) is 0 Å². The molecule has 0 saturated heterocycles. The van der Waals surface area contributed by atoms with E-state index in [4.69, 9.17) is 4.42 Å². The average molecular weight is 260 g/mol. The minimum Gasteiger partial charge on any atom is -0.444 e.